The molecule has 2 fully saturated rings. The van der Waals surface area contributed by atoms with Gasteiger partial charge in [-0.15, -0.1) is 0 Å². The summed E-state index contributed by atoms with van der Waals surface area (Å²) in [6.07, 6.45) is 12.6. The zero-order valence-electron chi connectivity index (χ0n) is 35.8. The highest BCUT2D eigenvalue weighted by Crippen LogP contribution is 2.29. The molecule has 4 unspecified atom stereocenters. The van der Waals surface area contributed by atoms with Gasteiger partial charge in [0.25, 0.3) is 0 Å². The molecule has 2 aliphatic carbocycles. The van der Waals surface area contributed by atoms with Crippen LogP contribution in [0.15, 0.2) is 9.98 Å². The van der Waals surface area contributed by atoms with Gasteiger partial charge in [-0.3, -0.25) is 38.8 Å². The van der Waals surface area contributed by atoms with E-state index < -0.39 is 47.8 Å². The summed E-state index contributed by atoms with van der Waals surface area (Å²) >= 11 is 0. The first-order valence-corrected chi connectivity index (χ1v) is 21.6. The molecule has 0 aromatic rings. The summed E-state index contributed by atoms with van der Waals surface area (Å²) in [6.45, 7) is 3.13. The maximum atomic E-state index is 14.3. The summed E-state index contributed by atoms with van der Waals surface area (Å²) in [4.78, 5) is 90.4. The molecule has 19 nitrogen and oxygen atoms in total. The van der Waals surface area contributed by atoms with Crippen molar-refractivity contribution < 1.29 is 28.8 Å². The fraction of sp³-hybridized carbons (Fsp3) is 0.800. The molecule has 0 radical (unpaired) electrons. The quantitative estimate of drug-likeness (QED) is 0.0288. The lowest BCUT2D eigenvalue weighted by Crippen LogP contribution is -2.58. The lowest BCUT2D eigenvalue weighted by Gasteiger charge is -2.30. The molecule has 0 bridgehead atoms. The van der Waals surface area contributed by atoms with Crippen molar-refractivity contribution in [2.24, 2.45) is 44.8 Å². The Morgan fingerprint density at radius 3 is 1.47 bits per heavy atom. The molecular formula is C40H75N13O6. The van der Waals surface area contributed by atoms with Crippen molar-refractivity contribution in [2.75, 3.05) is 46.8 Å². The highest BCUT2D eigenvalue weighted by Gasteiger charge is 2.34. The average Bonchev–Trinajstić information content (AvgIpc) is 3.18. The van der Waals surface area contributed by atoms with Gasteiger partial charge in [0.15, 0.2) is 11.9 Å². The Morgan fingerprint density at radius 1 is 0.576 bits per heavy atom. The number of amides is 6. The van der Waals surface area contributed by atoms with Crippen LogP contribution in [0.1, 0.15) is 122 Å². The van der Waals surface area contributed by atoms with Crippen molar-refractivity contribution in [1.82, 2.24) is 36.8 Å². The largest absolute Gasteiger partial charge is 0.370 e. The highest BCUT2D eigenvalue weighted by molar-refractivity contribution is 5.95. The SMILES string of the molecule is CC(=O)NCCC(=O)NC(CC1CCCCC1)C(=O)NC(CCCN=C(N)N)C(=O)NC(CC1CCCCC1)C(=O)NC(CCCN=C(N)N)C(=O)NCCCN(C)C. The summed E-state index contributed by atoms with van der Waals surface area (Å²) in [5.74, 6) is -2.42. The van der Waals surface area contributed by atoms with E-state index >= 15 is 0 Å². The van der Waals surface area contributed by atoms with Gasteiger partial charge in [0.05, 0.1) is 0 Å². The zero-order chi connectivity index (χ0) is 43.6. The maximum Gasteiger partial charge on any atom is 0.243 e. The lowest BCUT2D eigenvalue weighted by molar-refractivity contribution is -0.135. The van der Waals surface area contributed by atoms with E-state index in [1.54, 1.807) is 0 Å². The molecule has 59 heavy (non-hydrogen) atoms. The van der Waals surface area contributed by atoms with E-state index in [-0.39, 0.29) is 74.5 Å². The number of carbonyl (C=O) groups excluding carboxylic acids is 6. The van der Waals surface area contributed by atoms with Gasteiger partial charge in [-0.2, -0.15) is 0 Å². The van der Waals surface area contributed by atoms with E-state index in [2.05, 4.69) is 41.9 Å². The third-order valence-electron chi connectivity index (χ3n) is 10.8. The van der Waals surface area contributed by atoms with Crippen LogP contribution in [0.4, 0.5) is 0 Å². The molecule has 6 amide bonds. The van der Waals surface area contributed by atoms with Crippen LogP contribution in [-0.4, -0.2) is 123 Å². The second-order valence-corrected chi connectivity index (χ2v) is 16.4. The fourth-order valence-corrected chi connectivity index (χ4v) is 7.69. The Kier molecular flexibility index (Phi) is 24.5. The molecule has 2 aliphatic rings. The van der Waals surface area contributed by atoms with Gasteiger partial charge in [-0.1, -0.05) is 64.2 Å². The van der Waals surface area contributed by atoms with Crippen molar-refractivity contribution >= 4 is 47.4 Å². The molecule has 0 saturated heterocycles. The number of rotatable bonds is 27. The molecule has 4 atom stereocenters. The standard InChI is InChI=1S/C40H75N13O6/c1-27(54)45-23-19-34(55)49-32(25-28-13-6-4-7-14-28)37(58)51-31(18-11-21-48-40(43)44)36(57)52-33(26-29-15-8-5-9-16-29)38(59)50-30(17-10-20-47-39(41)42)35(56)46-22-12-24-53(2)3/h28-33H,4-26H2,1-3H3,(H,45,54)(H,46,56)(H,49,55)(H,50,59)(H,51,58)(H,52,57)(H4,41,42,47)(H4,43,44,48). The highest BCUT2D eigenvalue weighted by atomic mass is 16.2. The monoisotopic (exact) mass is 834 g/mol. The number of nitrogens with one attached hydrogen (secondary N) is 6. The van der Waals surface area contributed by atoms with Crippen molar-refractivity contribution in [2.45, 2.75) is 147 Å². The van der Waals surface area contributed by atoms with Crippen molar-refractivity contribution in [3.05, 3.63) is 0 Å². The van der Waals surface area contributed by atoms with Crippen LogP contribution in [0.25, 0.3) is 0 Å². The van der Waals surface area contributed by atoms with Gasteiger partial charge in [-0.25, -0.2) is 0 Å². The third-order valence-corrected chi connectivity index (χ3v) is 10.8. The minimum atomic E-state index is -1.10. The summed E-state index contributed by atoms with van der Waals surface area (Å²) < 4.78 is 0. The Hall–Kier alpha value is -4.68. The fourth-order valence-electron chi connectivity index (χ4n) is 7.69. The molecule has 0 spiro atoms. The minimum Gasteiger partial charge on any atom is -0.370 e. The van der Waals surface area contributed by atoms with Gasteiger partial charge in [0.1, 0.15) is 24.2 Å². The normalized spacial score (nSPS) is 16.7. The van der Waals surface area contributed by atoms with Gasteiger partial charge in [0.2, 0.25) is 35.4 Å². The molecule has 0 aromatic carbocycles. The van der Waals surface area contributed by atoms with Gasteiger partial charge in [-0.05, 0) is 77.4 Å². The molecule has 0 aliphatic heterocycles. The van der Waals surface area contributed by atoms with E-state index in [0.717, 1.165) is 70.8 Å². The molecule has 0 aromatic heterocycles. The zero-order valence-corrected chi connectivity index (χ0v) is 35.8. The smallest absolute Gasteiger partial charge is 0.243 e. The van der Waals surface area contributed by atoms with Crippen LogP contribution in [0.5, 0.6) is 0 Å². The molecule has 0 heterocycles. The number of nitrogens with two attached hydrogens (primary N) is 4. The van der Waals surface area contributed by atoms with Crippen LogP contribution >= 0.6 is 0 Å². The average molecular weight is 834 g/mol. The lowest BCUT2D eigenvalue weighted by atomic mass is 9.84. The third kappa shape index (κ3) is 22.9. The van der Waals surface area contributed by atoms with Crippen molar-refractivity contribution in [3.8, 4) is 0 Å². The van der Waals surface area contributed by atoms with Crippen LogP contribution < -0.4 is 54.8 Å². The van der Waals surface area contributed by atoms with E-state index in [1.807, 2.05) is 19.0 Å². The second-order valence-electron chi connectivity index (χ2n) is 16.4. The van der Waals surface area contributed by atoms with Gasteiger partial charge >= 0.3 is 0 Å². The maximum absolute atomic E-state index is 14.3. The predicted octanol–water partition coefficient (Wildman–Crippen LogP) is -0.432. The Balaban J connectivity index is 2.35. The number of hydrogen-bond donors (Lipinski definition) is 10. The topological polar surface area (TPSA) is 307 Å². The predicted molar refractivity (Wildman–Crippen MR) is 229 cm³/mol. The number of guanidine groups is 2. The molecule has 336 valence electrons. The summed E-state index contributed by atoms with van der Waals surface area (Å²) in [7, 11) is 3.89. The molecular weight excluding hydrogens is 759 g/mol. The first kappa shape index (κ1) is 50.5. The Morgan fingerprint density at radius 2 is 1.02 bits per heavy atom. The van der Waals surface area contributed by atoms with Crippen LogP contribution in [-0.2, 0) is 28.8 Å². The first-order valence-electron chi connectivity index (χ1n) is 21.6. The van der Waals surface area contributed by atoms with E-state index in [4.69, 9.17) is 22.9 Å². The minimum absolute atomic E-state index is 0.0161. The molecule has 14 N–H and O–H groups in total. The molecule has 2 saturated carbocycles. The molecule has 2 rings (SSSR count). The number of aliphatic imine (C=N–C) groups is 2. The number of carbonyl (C=O) groups is 6. The van der Waals surface area contributed by atoms with Crippen LogP contribution in [0.3, 0.4) is 0 Å². The Labute approximate surface area is 350 Å². The summed E-state index contributed by atoms with van der Waals surface area (Å²) in [5, 5.41) is 17.1. The second kappa shape index (κ2) is 28.7. The Bertz CT molecular complexity index is 1370. The first-order chi connectivity index (χ1) is 28.1. The van der Waals surface area contributed by atoms with Crippen LogP contribution in [0.2, 0.25) is 0 Å². The number of nitrogens with zero attached hydrogens (tertiary/aromatic N) is 3. The van der Waals surface area contributed by atoms with Gasteiger partial charge in [0, 0.05) is 39.5 Å². The van der Waals surface area contributed by atoms with E-state index in [9.17, 15) is 28.8 Å². The summed E-state index contributed by atoms with van der Waals surface area (Å²) in [6, 6.07) is -3.94. The van der Waals surface area contributed by atoms with Crippen LogP contribution in [0, 0.1) is 11.8 Å². The van der Waals surface area contributed by atoms with E-state index in [0.29, 0.717) is 38.6 Å². The van der Waals surface area contributed by atoms with Crippen molar-refractivity contribution in [1.29, 1.82) is 0 Å². The van der Waals surface area contributed by atoms with Crippen molar-refractivity contribution in [3.63, 3.8) is 0 Å². The number of hydrogen-bond acceptors (Lipinski definition) is 9. The van der Waals surface area contributed by atoms with Gasteiger partial charge < -0.3 is 59.7 Å². The molecule has 19 heteroatoms. The summed E-state index contributed by atoms with van der Waals surface area (Å²) in [5.41, 5.74) is 22.1. The van der Waals surface area contributed by atoms with E-state index in [1.165, 1.54) is 6.92 Å².